The highest BCUT2D eigenvalue weighted by Crippen LogP contribution is 2.23. The molecule has 0 unspecified atom stereocenters. The number of benzene rings is 2. The lowest BCUT2D eigenvalue weighted by Crippen LogP contribution is -2.43. The van der Waals surface area contributed by atoms with E-state index in [4.69, 9.17) is 0 Å². The van der Waals surface area contributed by atoms with E-state index in [0.717, 1.165) is 59.4 Å². The van der Waals surface area contributed by atoms with Crippen LogP contribution in [0.3, 0.4) is 0 Å². The number of fused-ring (bicyclic) bond motifs is 1. The molecule has 1 fully saturated rings. The van der Waals surface area contributed by atoms with Crippen LogP contribution >= 0.6 is 11.3 Å². The second-order valence-electron chi connectivity index (χ2n) is 8.16. The summed E-state index contributed by atoms with van der Waals surface area (Å²) >= 11 is 1.50. The van der Waals surface area contributed by atoms with Gasteiger partial charge in [0, 0.05) is 42.8 Å². The normalized spacial score (nSPS) is 15.5. The maximum absolute atomic E-state index is 12.6. The molecule has 2 aliphatic heterocycles. The summed E-state index contributed by atoms with van der Waals surface area (Å²) in [5, 5.41) is 20.7. The number of rotatable bonds is 4. The molecular formula is C26H24N4OS. The molecule has 2 aromatic carbocycles. The molecule has 1 aromatic heterocycles. The SMILES string of the molecule is N#Cc1cccc(-c2cc(NC3CCN(C(=O)c4cccs4)CC3)c3c(c2)=CCNC=3)c1. The Morgan fingerprint density at radius 3 is 2.78 bits per heavy atom. The van der Waals surface area contributed by atoms with Crippen LogP contribution in [0.1, 0.15) is 28.1 Å². The molecule has 0 atom stereocenters. The molecule has 5 rings (SSSR count). The summed E-state index contributed by atoms with van der Waals surface area (Å²) < 4.78 is 0. The highest BCUT2D eigenvalue weighted by Gasteiger charge is 2.24. The van der Waals surface area contributed by atoms with Gasteiger partial charge in [-0.25, -0.2) is 0 Å². The molecule has 32 heavy (non-hydrogen) atoms. The number of carbonyl (C=O) groups excluding carboxylic acids is 1. The van der Waals surface area contributed by atoms with E-state index in [1.165, 1.54) is 16.6 Å². The maximum atomic E-state index is 12.6. The lowest BCUT2D eigenvalue weighted by molar-refractivity contribution is 0.0723. The molecule has 3 aromatic rings. The first-order chi connectivity index (χ1) is 15.7. The molecule has 1 amide bonds. The van der Waals surface area contributed by atoms with Crippen molar-refractivity contribution in [3.63, 3.8) is 0 Å². The van der Waals surface area contributed by atoms with Crippen molar-refractivity contribution in [1.29, 1.82) is 5.26 Å². The zero-order valence-corrected chi connectivity index (χ0v) is 18.5. The van der Waals surface area contributed by atoms with Gasteiger partial charge in [-0.1, -0.05) is 24.3 Å². The van der Waals surface area contributed by atoms with E-state index >= 15 is 0 Å². The van der Waals surface area contributed by atoms with Crippen molar-refractivity contribution in [2.24, 2.45) is 0 Å². The van der Waals surface area contributed by atoms with Crippen molar-refractivity contribution in [3.8, 4) is 17.2 Å². The van der Waals surface area contributed by atoms with Crippen LogP contribution in [0.5, 0.6) is 0 Å². The summed E-state index contributed by atoms with van der Waals surface area (Å²) in [7, 11) is 0. The van der Waals surface area contributed by atoms with E-state index in [9.17, 15) is 10.1 Å². The largest absolute Gasteiger partial charge is 0.387 e. The first-order valence-electron chi connectivity index (χ1n) is 10.9. The third-order valence-electron chi connectivity index (χ3n) is 6.10. The number of piperidine rings is 1. The van der Waals surface area contributed by atoms with E-state index in [1.54, 1.807) is 0 Å². The summed E-state index contributed by atoms with van der Waals surface area (Å²) in [5.74, 6) is 0.141. The van der Waals surface area contributed by atoms with Gasteiger partial charge in [-0.15, -0.1) is 11.3 Å². The summed E-state index contributed by atoms with van der Waals surface area (Å²) in [4.78, 5) is 15.4. The number of amides is 1. The lowest BCUT2D eigenvalue weighted by Gasteiger charge is -2.33. The first kappa shape index (κ1) is 20.3. The molecule has 1 saturated heterocycles. The Bertz CT molecular complexity index is 1300. The molecule has 0 radical (unpaired) electrons. The van der Waals surface area contributed by atoms with Gasteiger partial charge in [0.25, 0.3) is 5.91 Å². The summed E-state index contributed by atoms with van der Waals surface area (Å²) in [6.45, 7) is 2.32. The maximum Gasteiger partial charge on any atom is 0.263 e. The molecule has 2 N–H and O–H groups in total. The van der Waals surface area contributed by atoms with E-state index in [-0.39, 0.29) is 5.91 Å². The van der Waals surface area contributed by atoms with Crippen molar-refractivity contribution < 1.29 is 4.79 Å². The van der Waals surface area contributed by atoms with Crippen LogP contribution in [-0.4, -0.2) is 36.5 Å². The number of hydrogen-bond donors (Lipinski definition) is 2. The Morgan fingerprint density at radius 1 is 1.12 bits per heavy atom. The minimum atomic E-state index is 0.141. The van der Waals surface area contributed by atoms with Crippen LogP contribution in [0.2, 0.25) is 0 Å². The van der Waals surface area contributed by atoms with Crippen LogP contribution < -0.4 is 21.1 Å². The van der Waals surface area contributed by atoms with Crippen molar-refractivity contribution in [2.45, 2.75) is 18.9 Å². The fourth-order valence-electron chi connectivity index (χ4n) is 4.39. The molecule has 3 heterocycles. The van der Waals surface area contributed by atoms with E-state index in [1.807, 2.05) is 46.7 Å². The van der Waals surface area contributed by atoms with Crippen LogP contribution in [0.4, 0.5) is 5.69 Å². The number of carbonyl (C=O) groups is 1. The lowest BCUT2D eigenvalue weighted by atomic mass is 9.98. The average Bonchev–Trinajstić information content (AvgIpc) is 3.39. The van der Waals surface area contributed by atoms with Gasteiger partial charge in [0.05, 0.1) is 16.5 Å². The Labute approximate surface area is 191 Å². The minimum Gasteiger partial charge on any atom is -0.387 e. The average molecular weight is 441 g/mol. The molecular weight excluding hydrogens is 416 g/mol. The van der Waals surface area contributed by atoms with Gasteiger partial charge >= 0.3 is 0 Å². The summed E-state index contributed by atoms with van der Waals surface area (Å²) in [6.07, 6.45) is 6.09. The number of likely N-dealkylation sites (tertiary alicyclic amines) is 1. The fourth-order valence-corrected chi connectivity index (χ4v) is 5.08. The van der Waals surface area contributed by atoms with Crippen LogP contribution in [-0.2, 0) is 0 Å². The van der Waals surface area contributed by atoms with Gasteiger partial charge in [-0.3, -0.25) is 4.79 Å². The second-order valence-corrected chi connectivity index (χ2v) is 9.11. The summed E-state index contributed by atoms with van der Waals surface area (Å²) in [6, 6.07) is 18.5. The Morgan fingerprint density at radius 2 is 2.00 bits per heavy atom. The molecule has 0 saturated carbocycles. The number of thiophene rings is 1. The van der Waals surface area contributed by atoms with Crippen molar-refractivity contribution >= 4 is 35.2 Å². The smallest absolute Gasteiger partial charge is 0.263 e. The number of nitrogens with zero attached hydrogens (tertiary/aromatic N) is 2. The number of nitrogens with one attached hydrogen (secondary N) is 2. The van der Waals surface area contributed by atoms with Gasteiger partial charge in [-0.05, 0) is 64.9 Å². The molecule has 0 aliphatic carbocycles. The zero-order chi connectivity index (χ0) is 21.9. The van der Waals surface area contributed by atoms with Crippen LogP contribution in [0, 0.1) is 11.3 Å². The van der Waals surface area contributed by atoms with Gasteiger partial charge in [0.15, 0.2) is 0 Å². The standard InChI is InChI=1S/C26H24N4OS/c27-16-18-3-1-4-19(13-18)21-14-20-6-9-28-17-23(20)24(15-21)29-22-7-10-30(11-8-22)26(31)25-5-2-12-32-25/h1-6,12-15,17,22,28-29H,7-11H2. The monoisotopic (exact) mass is 440 g/mol. The van der Waals surface area contributed by atoms with Gasteiger partial charge in [0.2, 0.25) is 0 Å². The zero-order valence-electron chi connectivity index (χ0n) is 17.7. The highest BCUT2D eigenvalue weighted by molar-refractivity contribution is 7.12. The number of hydrogen-bond acceptors (Lipinski definition) is 5. The van der Waals surface area contributed by atoms with Crippen molar-refractivity contribution in [2.75, 3.05) is 25.0 Å². The molecule has 2 aliphatic rings. The topological polar surface area (TPSA) is 68.2 Å². The number of anilines is 1. The second kappa shape index (κ2) is 8.89. The van der Waals surface area contributed by atoms with Crippen molar-refractivity contribution in [1.82, 2.24) is 10.2 Å². The van der Waals surface area contributed by atoms with Gasteiger partial charge in [0.1, 0.15) is 0 Å². The molecule has 0 bridgehead atoms. The fraction of sp³-hybridized carbons (Fsp3) is 0.231. The quantitative estimate of drug-likeness (QED) is 0.654. The highest BCUT2D eigenvalue weighted by atomic mass is 32.1. The third-order valence-corrected chi connectivity index (χ3v) is 6.95. The predicted octanol–water partition coefficient (Wildman–Crippen LogP) is 3.13. The minimum absolute atomic E-state index is 0.141. The molecule has 0 spiro atoms. The van der Waals surface area contributed by atoms with Gasteiger partial charge < -0.3 is 15.5 Å². The van der Waals surface area contributed by atoms with E-state index in [0.29, 0.717) is 11.6 Å². The molecule has 5 nitrogen and oxygen atoms in total. The number of nitriles is 1. The Kier molecular flexibility index (Phi) is 5.66. The van der Waals surface area contributed by atoms with Gasteiger partial charge in [-0.2, -0.15) is 5.26 Å². The van der Waals surface area contributed by atoms with E-state index in [2.05, 4.69) is 41.1 Å². The summed E-state index contributed by atoms with van der Waals surface area (Å²) in [5.41, 5.74) is 3.89. The van der Waals surface area contributed by atoms with E-state index < -0.39 is 0 Å². The molecule has 160 valence electrons. The predicted molar refractivity (Wildman–Crippen MR) is 130 cm³/mol. The Hall–Kier alpha value is -3.56. The third kappa shape index (κ3) is 4.12. The van der Waals surface area contributed by atoms with Crippen LogP contribution in [0.15, 0.2) is 53.9 Å². The van der Waals surface area contributed by atoms with Crippen LogP contribution in [0.25, 0.3) is 23.4 Å². The van der Waals surface area contributed by atoms with Crippen molar-refractivity contribution in [3.05, 3.63) is 74.8 Å². The molecule has 6 heteroatoms. The Balaban J connectivity index is 1.38. The first-order valence-corrected chi connectivity index (χ1v) is 11.8.